The molecule has 154 valence electrons. The lowest BCUT2D eigenvalue weighted by atomic mass is 10.0. The highest BCUT2D eigenvalue weighted by Crippen LogP contribution is 2.25. The van der Waals surface area contributed by atoms with Gasteiger partial charge in [0.1, 0.15) is 0 Å². The average molecular weight is 394 g/mol. The molecule has 6 heteroatoms. The van der Waals surface area contributed by atoms with Crippen molar-refractivity contribution in [2.75, 3.05) is 39.3 Å². The van der Waals surface area contributed by atoms with Crippen molar-refractivity contribution in [1.82, 2.24) is 15.2 Å². The Hall–Kier alpha value is -2.54. The minimum Gasteiger partial charge on any atom is -0.351 e. The molecule has 0 unspecified atom stereocenters. The highest BCUT2D eigenvalue weighted by Gasteiger charge is 2.15. The Bertz CT molecular complexity index is 889. The molecule has 29 heavy (non-hydrogen) atoms. The predicted octanol–water partition coefficient (Wildman–Crippen LogP) is 2.51. The fourth-order valence-electron chi connectivity index (χ4n) is 3.63. The molecule has 5 N–H and O–H groups in total. The SMILES string of the molecule is NCCCCN(CCCN)CCNC(=O)c1c2ccccc2nc2ccccc12. The van der Waals surface area contributed by atoms with Crippen LogP contribution in [0.1, 0.15) is 29.6 Å². The lowest BCUT2D eigenvalue weighted by Crippen LogP contribution is -2.36. The molecule has 0 saturated carbocycles. The number of fused-ring (bicyclic) bond motifs is 2. The van der Waals surface area contributed by atoms with Crippen molar-refractivity contribution < 1.29 is 4.79 Å². The number of para-hydroxylation sites is 2. The molecule has 1 heterocycles. The van der Waals surface area contributed by atoms with E-state index < -0.39 is 0 Å². The predicted molar refractivity (Wildman–Crippen MR) is 120 cm³/mol. The Morgan fingerprint density at radius 1 is 0.828 bits per heavy atom. The molecule has 0 aliphatic carbocycles. The Morgan fingerprint density at radius 3 is 2.03 bits per heavy atom. The number of hydrogen-bond donors (Lipinski definition) is 3. The Morgan fingerprint density at radius 2 is 1.41 bits per heavy atom. The molecule has 0 saturated heterocycles. The first-order valence-electron chi connectivity index (χ1n) is 10.4. The summed E-state index contributed by atoms with van der Waals surface area (Å²) in [7, 11) is 0. The minimum absolute atomic E-state index is 0.0551. The maximum absolute atomic E-state index is 13.1. The van der Waals surface area contributed by atoms with Crippen LogP contribution in [0.3, 0.4) is 0 Å². The van der Waals surface area contributed by atoms with E-state index in [2.05, 4.69) is 10.2 Å². The number of nitrogens with one attached hydrogen (secondary N) is 1. The Kier molecular flexibility index (Phi) is 7.93. The fourth-order valence-corrected chi connectivity index (χ4v) is 3.63. The summed E-state index contributed by atoms with van der Waals surface area (Å²) in [5.41, 5.74) is 13.6. The molecule has 6 nitrogen and oxygen atoms in total. The summed E-state index contributed by atoms with van der Waals surface area (Å²) in [6.07, 6.45) is 3.03. The topological polar surface area (TPSA) is 97.3 Å². The van der Waals surface area contributed by atoms with Crippen molar-refractivity contribution in [1.29, 1.82) is 0 Å². The van der Waals surface area contributed by atoms with Crippen LogP contribution >= 0.6 is 0 Å². The third-order valence-electron chi connectivity index (χ3n) is 5.14. The van der Waals surface area contributed by atoms with Crippen LogP contribution in [0, 0.1) is 0 Å². The van der Waals surface area contributed by atoms with Gasteiger partial charge in [0.05, 0.1) is 16.6 Å². The number of nitrogens with two attached hydrogens (primary N) is 2. The van der Waals surface area contributed by atoms with E-state index in [1.54, 1.807) is 0 Å². The Balaban J connectivity index is 1.73. The first kappa shape index (κ1) is 21.2. The van der Waals surface area contributed by atoms with Gasteiger partial charge in [-0.25, -0.2) is 4.98 Å². The van der Waals surface area contributed by atoms with Gasteiger partial charge in [-0.3, -0.25) is 4.79 Å². The van der Waals surface area contributed by atoms with Crippen molar-refractivity contribution in [2.45, 2.75) is 19.3 Å². The molecular formula is C23H31N5O. The molecule has 0 fully saturated rings. The molecule has 2 aromatic carbocycles. The van der Waals surface area contributed by atoms with Crippen LogP contribution in [-0.4, -0.2) is 55.1 Å². The number of carbonyl (C=O) groups excluding carboxylic acids is 1. The second-order valence-electron chi connectivity index (χ2n) is 7.26. The van der Waals surface area contributed by atoms with Gasteiger partial charge in [0.25, 0.3) is 5.91 Å². The fraction of sp³-hybridized carbons (Fsp3) is 0.391. The first-order chi connectivity index (χ1) is 14.2. The summed E-state index contributed by atoms with van der Waals surface area (Å²) in [5.74, 6) is -0.0551. The van der Waals surface area contributed by atoms with Crippen LogP contribution in [0.2, 0.25) is 0 Å². The quantitative estimate of drug-likeness (QED) is 0.343. The molecule has 1 aromatic heterocycles. The summed E-state index contributed by atoms with van der Waals surface area (Å²) < 4.78 is 0. The van der Waals surface area contributed by atoms with E-state index in [0.717, 1.165) is 60.7 Å². The lowest BCUT2D eigenvalue weighted by molar-refractivity contribution is 0.0951. The number of aromatic nitrogens is 1. The van der Waals surface area contributed by atoms with Crippen LogP contribution in [0.25, 0.3) is 21.8 Å². The second-order valence-corrected chi connectivity index (χ2v) is 7.26. The maximum Gasteiger partial charge on any atom is 0.252 e. The smallest absolute Gasteiger partial charge is 0.252 e. The Labute approximate surface area is 172 Å². The van der Waals surface area contributed by atoms with Crippen molar-refractivity contribution in [2.24, 2.45) is 11.5 Å². The van der Waals surface area contributed by atoms with Gasteiger partial charge >= 0.3 is 0 Å². The normalized spacial score (nSPS) is 11.4. The van der Waals surface area contributed by atoms with Crippen molar-refractivity contribution in [3.63, 3.8) is 0 Å². The standard InChI is InChI=1S/C23H31N5O/c24-12-5-6-15-28(16-7-13-25)17-14-26-23(29)22-18-8-1-3-10-20(18)27-21-11-4-2-9-19(21)22/h1-4,8-11H,5-7,12-17,24-25H2,(H,26,29). The summed E-state index contributed by atoms with van der Waals surface area (Å²) in [6, 6.07) is 15.6. The zero-order valence-electron chi connectivity index (χ0n) is 16.9. The molecule has 0 bridgehead atoms. The summed E-state index contributed by atoms with van der Waals surface area (Å²) in [5, 5.41) is 4.88. The second kappa shape index (κ2) is 10.9. The van der Waals surface area contributed by atoms with Crippen LogP contribution in [0.4, 0.5) is 0 Å². The number of benzene rings is 2. The summed E-state index contributed by atoms with van der Waals surface area (Å²) in [4.78, 5) is 20.2. The van der Waals surface area contributed by atoms with E-state index in [-0.39, 0.29) is 5.91 Å². The van der Waals surface area contributed by atoms with Crippen LogP contribution in [-0.2, 0) is 0 Å². The van der Waals surface area contributed by atoms with E-state index in [0.29, 0.717) is 25.2 Å². The number of pyridine rings is 1. The van der Waals surface area contributed by atoms with Crippen molar-refractivity contribution in [3.05, 3.63) is 54.1 Å². The van der Waals surface area contributed by atoms with E-state index >= 15 is 0 Å². The summed E-state index contributed by atoms with van der Waals surface area (Å²) in [6.45, 7) is 4.71. The maximum atomic E-state index is 13.1. The van der Waals surface area contributed by atoms with Gasteiger partial charge in [0, 0.05) is 23.9 Å². The molecule has 3 rings (SSSR count). The van der Waals surface area contributed by atoms with Gasteiger partial charge in [0.2, 0.25) is 0 Å². The third kappa shape index (κ3) is 5.50. The minimum atomic E-state index is -0.0551. The molecule has 0 spiro atoms. The van der Waals surface area contributed by atoms with Gasteiger partial charge in [-0.05, 0) is 57.6 Å². The van der Waals surface area contributed by atoms with E-state index in [4.69, 9.17) is 16.5 Å². The molecule has 3 aromatic rings. The molecule has 1 amide bonds. The van der Waals surface area contributed by atoms with Crippen molar-refractivity contribution >= 4 is 27.7 Å². The molecule has 0 aliphatic rings. The monoisotopic (exact) mass is 393 g/mol. The van der Waals surface area contributed by atoms with Crippen LogP contribution < -0.4 is 16.8 Å². The first-order valence-corrected chi connectivity index (χ1v) is 10.4. The number of hydrogen-bond acceptors (Lipinski definition) is 5. The van der Waals surface area contributed by atoms with Crippen LogP contribution in [0.15, 0.2) is 48.5 Å². The van der Waals surface area contributed by atoms with Gasteiger partial charge in [-0.2, -0.15) is 0 Å². The molecular weight excluding hydrogens is 362 g/mol. The van der Waals surface area contributed by atoms with Gasteiger partial charge in [0.15, 0.2) is 0 Å². The van der Waals surface area contributed by atoms with E-state index in [1.807, 2.05) is 48.5 Å². The number of unbranched alkanes of at least 4 members (excludes halogenated alkanes) is 1. The largest absolute Gasteiger partial charge is 0.351 e. The third-order valence-corrected chi connectivity index (χ3v) is 5.14. The highest BCUT2D eigenvalue weighted by molar-refractivity contribution is 6.16. The highest BCUT2D eigenvalue weighted by atomic mass is 16.1. The molecule has 0 atom stereocenters. The number of rotatable bonds is 11. The lowest BCUT2D eigenvalue weighted by Gasteiger charge is -2.22. The van der Waals surface area contributed by atoms with E-state index in [9.17, 15) is 4.79 Å². The zero-order chi connectivity index (χ0) is 20.5. The number of carbonyl (C=O) groups is 1. The van der Waals surface area contributed by atoms with Crippen LogP contribution in [0.5, 0.6) is 0 Å². The van der Waals surface area contributed by atoms with Gasteiger partial charge in [-0.1, -0.05) is 36.4 Å². The van der Waals surface area contributed by atoms with E-state index in [1.165, 1.54) is 0 Å². The van der Waals surface area contributed by atoms with Crippen molar-refractivity contribution in [3.8, 4) is 0 Å². The zero-order valence-corrected chi connectivity index (χ0v) is 16.9. The average Bonchev–Trinajstić information content (AvgIpc) is 2.75. The molecule has 0 aliphatic heterocycles. The van der Waals surface area contributed by atoms with Gasteiger partial charge < -0.3 is 21.7 Å². The molecule has 0 radical (unpaired) electrons. The number of nitrogens with zero attached hydrogens (tertiary/aromatic N) is 2. The summed E-state index contributed by atoms with van der Waals surface area (Å²) >= 11 is 0. The van der Waals surface area contributed by atoms with Gasteiger partial charge in [-0.15, -0.1) is 0 Å². The number of amides is 1.